The van der Waals surface area contributed by atoms with E-state index in [2.05, 4.69) is 4.52 Å². The van der Waals surface area contributed by atoms with Crippen LogP contribution in [0.4, 0.5) is 0 Å². The zero-order valence-electron chi connectivity index (χ0n) is 9.97. The van der Waals surface area contributed by atoms with Crippen molar-refractivity contribution in [2.75, 3.05) is 0 Å². The Labute approximate surface area is 140 Å². The number of benzene rings is 1. The minimum Gasteiger partial charge on any atom is -0.780 e. The van der Waals surface area contributed by atoms with Crippen LogP contribution in [-0.2, 0) is 4.57 Å². The number of phosphoric ester groups is 1. The van der Waals surface area contributed by atoms with Gasteiger partial charge in [0.15, 0.2) is 0 Å². The monoisotopic (exact) mass is 260 g/mol. The van der Waals surface area contributed by atoms with Crippen molar-refractivity contribution >= 4 is 7.82 Å². The van der Waals surface area contributed by atoms with Crippen molar-refractivity contribution in [3.05, 3.63) is 29.8 Å². The summed E-state index contributed by atoms with van der Waals surface area (Å²) >= 11 is 0. The van der Waals surface area contributed by atoms with Gasteiger partial charge in [-0.3, -0.25) is 0 Å². The van der Waals surface area contributed by atoms with E-state index in [4.69, 9.17) is 0 Å². The molecule has 16 heavy (non-hydrogen) atoms. The fourth-order valence-electron chi connectivity index (χ4n) is 1.04. The van der Waals surface area contributed by atoms with Crippen molar-refractivity contribution in [1.82, 2.24) is 0 Å². The quantitative estimate of drug-likeness (QED) is 0.403. The van der Waals surface area contributed by atoms with Gasteiger partial charge in [-0.05, 0) is 23.6 Å². The number of rotatable bonds is 3. The van der Waals surface area contributed by atoms with Gasteiger partial charge in [-0.15, -0.1) is 0 Å². The first-order valence-electron chi connectivity index (χ1n) is 4.20. The molecule has 1 aromatic carbocycles. The standard InChI is InChI=1S/C9H13O4P.2Na/c1-7(2)8-3-5-9(6-4-8)13-14(10,11)12;;/h3-7H,1-2H3,(H2,10,11,12);;/q;2*+1/p-2. The SMILES string of the molecule is CC(C)c1ccc(OP(=O)([O-])[O-])cc1.[Na+].[Na+]. The molecule has 0 aliphatic heterocycles. The molecule has 0 aromatic heterocycles. The van der Waals surface area contributed by atoms with Crippen molar-refractivity contribution in [2.24, 2.45) is 0 Å². The predicted molar refractivity (Wildman–Crippen MR) is 48.8 cm³/mol. The molecule has 0 saturated heterocycles. The van der Waals surface area contributed by atoms with Crippen LogP contribution in [0.3, 0.4) is 0 Å². The molecule has 0 aliphatic rings. The summed E-state index contributed by atoms with van der Waals surface area (Å²) in [4.78, 5) is 20.5. The summed E-state index contributed by atoms with van der Waals surface area (Å²) in [5.74, 6) is 0.415. The number of hydrogen-bond donors (Lipinski definition) is 0. The molecule has 0 saturated carbocycles. The van der Waals surface area contributed by atoms with E-state index in [0.29, 0.717) is 5.92 Å². The van der Waals surface area contributed by atoms with Gasteiger partial charge in [-0.1, -0.05) is 26.0 Å². The molecule has 78 valence electrons. The summed E-state index contributed by atoms with van der Waals surface area (Å²) in [6, 6.07) is 6.40. The Bertz CT molecular complexity index is 347. The molecule has 0 N–H and O–H groups in total. The zero-order chi connectivity index (χ0) is 10.8. The number of hydrogen-bond acceptors (Lipinski definition) is 4. The van der Waals surface area contributed by atoms with E-state index in [1.54, 1.807) is 12.1 Å². The summed E-state index contributed by atoms with van der Waals surface area (Å²) < 4.78 is 14.5. The molecule has 1 rings (SSSR count). The third-order valence-corrected chi connectivity index (χ3v) is 2.20. The Hall–Kier alpha value is 1.17. The summed E-state index contributed by atoms with van der Waals surface area (Å²) in [6.07, 6.45) is 0. The maximum Gasteiger partial charge on any atom is 1.00 e. The van der Waals surface area contributed by atoms with Crippen LogP contribution in [0, 0.1) is 0 Å². The van der Waals surface area contributed by atoms with Gasteiger partial charge < -0.3 is 18.9 Å². The van der Waals surface area contributed by atoms with Gasteiger partial charge in [0.25, 0.3) is 0 Å². The van der Waals surface area contributed by atoms with Gasteiger partial charge in [0, 0.05) is 0 Å². The van der Waals surface area contributed by atoms with Gasteiger partial charge in [-0.25, -0.2) is 0 Å². The van der Waals surface area contributed by atoms with Crippen LogP contribution in [0.1, 0.15) is 25.3 Å². The van der Waals surface area contributed by atoms with E-state index in [1.807, 2.05) is 13.8 Å². The van der Waals surface area contributed by atoms with Crippen molar-refractivity contribution in [1.29, 1.82) is 0 Å². The van der Waals surface area contributed by atoms with Crippen molar-refractivity contribution in [3.8, 4) is 5.75 Å². The Morgan fingerprint density at radius 3 is 1.88 bits per heavy atom. The second kappa shape index (κ2) is 8.30. The Balaban J connectivity index is 0. The maximum atomic E-state index is 10.3. The molecule has 0 aliphatic carbocycles. The Morgan fingerprint density at radius 1 is 1.12 bits per heavy atom. The second-order valence-electron chi connectivity index (χ2n) is 3.26. The fourth-order valence-corrected chi connectivity index (χ4v) is 1.42. The predicted octanol–water partition coefficient (Wildman–Crippen LogP) is -4.97. The summed E-state index contributed by atoms with van der Waals surface area (Å²) in [5.41, 5.74) is 1.06. The molecule has 4 nitrogen and oxygen atoms in total. The largest absolute Gasteiger partial charge is 1.00 e. The van der Waals surface area contributed by atoms with Gasteiger partial charge in [0.1, 0.15) is 13.6 Å². The van der Waals surface area contributed by atoms with Crippen LogP contribution in [0.2, 0.25) is 0 Å². The Morgan fingerprint density at radius 2 is 1.56 bits per heavy atom. The molecule has 0 spiro atoms. The van der Waals surface area contributed by atoms with E-state index in [9.17, 15) is 14.4 Å². The molecule has 0 unspecified atom stereocenters. The molecule has 0 amide bonds. The first-order valence-corrected chi connectivity index (χ1v) is 5.66. The molecule has 7 heteroatoms. The average molecular weight is 260 g/mol. The van der Waals surface area contributed by atoms with Crippen LogP contribution >= 0.6 is 7.82 Å². The van der Waals surface area contributed by atoms with Gasteiger partial charge >= 0.3 is 59.1 Å². The molecule has 0 heterocycles. The van der Waals surface area contributed by atoms with Gasteiger partial charge in [-0.2, -0.15) is 0 Å². The Kier molecular flexibility index (Phi) is 10.1. The first-order chi connectivity index (χ1) is 6.38. The zero-order valence-corrected chi connectivity index (χ0v) is 14.9. The summed E-state index contributed by atoms with van der Waals surface area (Å²) in [7, 11) is -4.93. The number of phosphoric acid groups is 1. The van der Waals surface area contributed by atoms with Gasteiger partial charge in [0.2, 0.25) is 0 Å². The van der Waals surface area contributed by atoms with E-state index >= 15 is 0 Å². The topological polar surface area (TPSA) is 72.4 Å². The third-order valence-electron chi connectivity index (χ3n) is 1.76. The fraction of sp³-hybridized carbons (Fsp3) is 0.333. The molecule has 1 aromatic rings. The van der Waals surface area contributed by atoms with Crippen LogP contribution in [0.15, 0.2) is 24.3 Å². The van der Waals surface area contributed by atoms with E-state index in [-0.39, 0.29) is 64.9 Å². The smallest absolute Gasteiger partial charge is 0.780 e. The van der Waals surface area contributed by atoms with E-state index in [1.165, 1.54) is 12.1 Å². The van der Waals surface area contributed by atoms with Crippen molar-refractivity contribution in [3.63, 3.8) is 0 Å². The second-order valence-corrected chi connectivity index (χ2v) is 4.34. The van der Waals surface area contributed by atoms with Crippen LogP contribution < -0.4 is 73.4 Å². The third kappa shape index (κ3) is 7.49. The van der Waals surface area contributed by atoms with Crippen molar-refractivity contribution in [2.45, 2.75) is 19.8 Å². The molecule has 0 fully saturated rings. The minimum absolute atomic E-state index is 0. The average Bonchev–Trinajstić information content (AvgIpc) is 2.02. The van der Waals surface area contributed by atoms with Crippen molar-refractivity contribution < 1.29 is 78.0 Å². The molecular formula is C9H11Na2O4P. The van der Waals surface area contributed by atoms with Gasteiger partial charge in [0.05, 0.1) is 0 Å². The van der Waals surface area contributed by atoms with E-state index in [0.717, 1.165) is 5.56 Å². The minimum atomic E-state index is -4.93. The van der Waals surface area contributed by atoms with Crippen LogP contribution in [-0.4, -0.2) is 0 Å². The normalized spacial score (nSPS) is 10.3. The maximum absolute atomic E-state index is 10.3. The van der Waals surface area contributed by atoms with Crippen LogP contribution in [0.25, 0.3) is 0 Å². The summed E-state index contributed by atoms with van der Waals surface area (Å²) in [5, 5.41) is 0. The molecule has 0 bridgehead atoms. The first kappa shape index (κ1) is 19.5. The molecule has 0 radical (unpaired) electrons. The molecular weight excluding hydrogens is 249 g/mol. The van der Waals surface area contributed by atoms with Crippen LogP contribution in [0.5, 0.6) is 5.75 Å². The van der Waals surface area contributed by atoms with E-state index < -0.39 is 7.82 Å². The summed E-state index contributed by atoms with van der Waals surface area (Å²) in [6.45, 7) is 4.03. The molecule has 0 atom stereocenters.